The molecule has 37 heavy (non-hydrogen) atoms. The molecule has 1 aromatic rings. The Hall–Kier alpha value is -1.93. The molecule has 1 N–H and O–H groups in total. The van der Waals surface area contributed by atoms with E-state index in [9.17, 15) is 10.0 Å². The van der Waals surface area contributed by atoms with E-state index >= 15 is 0 Å². The zero-order valence-corrected chi connectivity index (χ0v) is 22.2. The number of carbonyl (C=O) groups is 1. The lowest BCUT2D eigenvalue weighted by Crippen LogP contribution is -2.52. The van der Waals surface area contributed by atoms with Gasteiger partial charge in [-0.25, -0.2) is 4.79 Å². The number of hydrogen-bond acceptors (Lipinski definition) is 7. The number of carbonyl (C=O) groups excluding carboxylic acids is 1. The van der Waals surface area contributed by atoms with E-state index in [0.717, 1.165) is 32.3 Å². The molecular weight excluding hydrogens is 470 g/mol. The maximum absolute atomic E-state index is 12.8. The van der Waals surface area contributed by atoms with Crippen molar-refractivity contribution in [2.75, 3.05) is 11.8 Å². The highest BCUT2D eigenvalue weighted by Gasteiger charge is 2.61. The van der Waals surface area contributed by atoms with Crippen LogP contribution in [-0.4, -0.2) is 35.8 Å². The first-order chi connectivity index (χ1) is 17.7. The number of allylic oxidation sites excluding steroid dienone is 1. The first-order valence-corrected chi connectivity index (χ1v) is 14.2. The van der Waals surface area contributed by atoms with Crippen molar-refractivity contribution in [3.8, 4) is 0 Å². The lowest BCUT2D eigenvalue weighted by atomic mass is 9.50. The highest BCUT2D eigenvalue weighted by molar-refractivity contribution is 5.90. The second-order valence-corrected chi connectivity index (χ2v) is 12.7. The molecule has 0 aromatic heterocycles. The summed E-state index contributed by atoms with van der Waals surface area (Å²) in [7, 11) is 0. The van der Waals surface area contributed by atoms with Crippen molar-refractivity contribution < 1.29 is 24.2 Å². The zero-order valence-electron chi connectivity index (χ0n) is 22.2. The average molecular weight is 511 g/mol. The quantitative estimate of drug-likeness (QED) is 0.298. The molecule has 5 aliphatic rings. The summed E-state index contributed by atoms with van der Waals surface area (Å²) in [6.07, 6.45) is 12.3. The minimum Gasteiger partial charge on any atom is -0.733 e. The molecule has 2 heterocycles. The standard InChI is InChI=1S/C30H40NO6/c1-18-12-15-30(35-17-18)19(2)24-10-11-26-25(27(24)37-30)9-6-21-16-23(13-14-29(21,26)3)36-28(32)20-4-7-22(8-5-20)31(33)34/h4-9,18-19,21,23-27,33H,10-17H2,1-3H3/q-1/t18-,19-,21-,23+,24-,25+,26+,27-,29+,30-/m1/s1. The summed E-state index contributed by atoms with van der Waals surface area (Å²) in [5.74, 6) is 2.21. The first kappa shape index (κ1) is 25.4. The molecule has 0 radical (unpaired) electrons. The van der Waals surface area contributed by atoms with Crippen molar-refractivity contribution >= 4 is 11.7 Å². The lowest BCUT2D eigenvalue weighted by molar-refractivity contribution is -0.275. The summed E-state index contributed by atoms with van der Waals surface area (Å²) in [5.41, 5.74) is 0.646. The fraction of sp³-hybridized carbons (Fsp3) is 0.700. The van der Waals surface area contributed by atoms with Crippen LogP contribution in [0.15, 0.2) is 36.4 Å². The highest BCUT2D eigenvalue weighted by Crippen LogP contribution is 2.62. The smallest absolute Gasteiger partial charge is 0.338 e. The van der Waals surface area contributed by atoms with Crippen LogP contribution in [0.3, 0.4) is 0 Å². The Morgan fingerprint density at radius 2 is 1.89 bits per heavy atom. The van der Waals surface area contributed by atoms with E-state index in [0.29, 0.717) is 41.1 Å². The van der Waals surface area contributed by atoms with Crippen LogP contribution in [0.5, 0.6) is 0 Å². The maximum atomic E-state index is 12.8. The van der Waals surface area contributed by atoms with Gasteiger partial charge in [0.25, 0.3) is 0 Å². The molecule has 0 unspecified atom stereocenters. The van der Waals surface area contributed by atoms with E-state index in [4.69, 9.17) is 19.4 Å². The Morgan fingerprint density at radius 3 is 2.59 bits per heavy atom. The number of anilines is 1. The van der Waals surface area contributed by atoms with Crippen molar-refractivity contribution in [1.82, 2.24) is 0 Å². The van der Waals surface area contributed by atoms with Crippen LogP contribution in [0.4, 0.5) is 5.69 Å². The molecule has 2 aliphatic heterocycles. The van der Waals surface area contributed by atoms with Crippen LogP contribution >= 0.6 is 0 Å². The van der Waals surface area contributed by atoms with Gasteiger partial charge in [0, 0.05) is 18.3 Å². The van der Waals surface area contributed by atoms with Gasteiger partial charge in [-0.15, -0.1) is 0 Å². The number of benzene rings is 1. The molecule has 4 fully saturated rings. The summed E-state index contributed by atoms with van der Waals surface area (Å²) in [5, 5.41) is 19.8. The second-order valence-electron chi connectivity index (χ2n) is 12.7. The van der Waals surface area contributed by atoms with E-state index in [1.54, 1.807) is 0 Å². The molecule has 0 bridgehead atoms. The van der Waals surface area contributed by atoms with Crippen LogP contribution in [0.25, 0.3) is 0 Å². The van der Waals surface area contributed by atoms with E-state index in [1.165, 1.54) is 43.5 Å². The highest BCUT2D eigenvalue weighted by atomic mass is 16.8. The third-order valence-electron chi connectivity index (χ3n) is 10.7. The third-order valence-corrected chi connectivity index (χ3v) is 10.7. The molecule has 0 amide bonds. The summed E-state index contributed by atoms with van der Waals surface area (Å²) < 4.78 is 19.3. The van der Waals surface area contributed by atoms with E-state index < -0.39 is 5.79 Å². The van der Waals surface area contributed by atoms with Gasteiger partial charge < -0.3 is 24.6 Å². The van der Waals surface area contributed by atoms with Crippen LogP contribution in [0.2, 0.25) is 0 Å². The maximum Gasteiger partial charge on any atom is 0.338 e. The molecule has 2 saturated heterocycles. The monoisotopic (exact) mass is 510 g/mol. The molecule has 3 aliphatic carbocycles. The topological polar surface area (TPSA) is 91.3 Å². The minimum atomic E-state index is -0.393. The lowest BCUT2D eigenvalue weighted by Gasteiger charge is -2.55. The Kier molecular flexibility index (Phi) is 6.42. The first-order valence-electron chi connectivity index (χ1n) is 14.2. The fourth-order valence-electron chi connectivity index (χ4n) is 8.36. The van der Waals surface area contributed by atoms with Gasteiger partial charge in [0.2, 0.25) is 0 Å². The molecular formula is C30H40NO6-. The molecule has 6 rings (SSSR count). The Labute approximate surface area is 219 Å². The third kappa shape index (κ3) is 4.22. The molecule has 2 saturated carbocycles. The molecule has 10 atom stereocenters. The fourth-order valence-corrected chi connectivity index (χ4v) is 8.36. The molecule has 1 aromatic carbocycles. The Bertz CT molecular complexity index is 1030. The van der Waals surface area contributed by atoms with Crippen molar-refractivity contribution in [3.05, 3.63) is 47.2 Å². The van der Waals surface area contributed by atoms with Gasteiger partial charge in [0.15, 0.2) is 5.79 Å². The predicted molar refractivity (Wildman–Crippen MR) is 139 cm³/mol. The van der Waals surface area contributed by atoms with Crippen molar-refractivity contribution in [2.45, 2.75) is 83.7 Å². The minimum absolute atomic E-state index is 0.0813. The molecule has 1 spiro atoms. The number of ether oxygens (including phenoxy) is 3. The molecule has 202 valence electrons. The van der Waals surface area contributed by atoms with Crippen molar-refractivity contribution in [1.29, 1.82) is 0 Å². The number of rotatable bonds is 3. The van der Waals surface area contributed by atoms with Crippen LogP contribution in [-0.2, 0) is 14.2 Å². The van der Waals surface area contributed by atoms with Gasteiger partial charge >= 0.3 is 5.97 Å². The van der Waals surface area contributed by atoms with Crippen LogP contribution < -0.4 is 5.23 Å². The van der Waals surface area contributed by atoms with E-state index in [-0.39, 0.29) is 34.5 Å². The Balaban J connectivity index is 1.14. The predicted octanol–water partition coefficient (Wildman–Crippen LogP) is 6.10. The summed E-state index contributed by atoms with van der Waals surface area (Å²) >= 11 is 0. The summed E-state index contributed by atoms with van der Waals surface area (Å²) in [4.78, 5) is 12.8. The molecule has 7 heteroatoms. The number of fused-ring (bicyclic) bond motifs is 5. The zero-order chi connectivity index (χ0) is 25.9. The normalized spacial score (nSPS) is 44.6. The van der Waals surface area contributed by atoms with Crippen molar-refractivity contribution in [3.63, 3.8) is 0 Å². The van der Waals surface area contributed by atoms with Crippen molar-refractivity contribution in [2.24, 2.45) is 40.9 Å². The number of hydrogen-bond donors (Lipinski definition) is 1. The second kappa shape index (κ2) is 9.37. The largest absolute Gasteiger partial charge is 0.733 e. The van der Waals surface area contributed by atoms with Gasteiger partial charge in [-0.3, -0.25) is 5.21 Å². The van der Waals surface area contributed by atoms with Gasteiger partial charge in [0.05, 0.1) is 24.0 Å². The van der Waals surface area contributed by atoms with Gasteiger partial charge in [0.1, 0.15) is 6.10 Å². The van der Waals surface area contributed by atoms with E-state index in [2.05, 4.69) is 32.9 Å². The van der Waals surface area contributed by atoms with E-state index in [1.807, 2.05) is 0 Å². The van der Waals surface area contributed by atoms with Crippen LogP contribution in [0, 0.1) is 46.1 Å². The average Bonchev–Trinajstić information content (AvgIpc) is 3.17. The number of nitrogens with zero attached hydrogens (tertiary/aromatic N) is 1. The number of esters is 1. The molecule has 7 nitrogen and oxygen atoms in total. The van der Waals surface area contributed by atoms with Gasteiger partial charge in [-0.2, -0.15) is 0 Å². The summed E-state index contributed by atoms with van der Waals surface area (Å²) in [6.45, 7) is 7.87. The van der Waals surface area contributed by atoms with Gasteiger partial charge in [-0.05, 0) is 91.9 Å². The van der Waals surface area contributed by atoms with Crippen LogP contribution in [0.1, 0.15) is 76.1 Å². The SMILES string of the molecule is C[C@@H]1CC[C@@]2(OC1)O[C@H]1[C@H]3C=C[C@@H]4C[C@@H](OC(=O)c5ccc(N([O-])O)cc5)CC[C@]4(C)[C@H]3CC[C@@H]1[C@H]2C. The summed E-state index contributed by atoms with van der Waals surface area (Å²) in [6, 6.07) is 5.86. The van der Waals surface area contributed by atoms with Gasteiger partial charge in [-0.1, -0.05) is 32.9 Å². The Morgan fingerprint density at radius 1 is 1.11 bits per heavy atom.